The van der Waals surface area contributed by atoms with Crippen LogP contribution in [0.4, 0.5) is 0 Å². The molecule has 0 N–H and O–H groups in total. The van der Waals surface area contributed by atoms with Gasteiger partial charge in [0, 0.05) is 48.0 Å². The number of para-hydroxylation sites is 2. The average molecular weight is 785 g/mol. The minimum absolute atomic E-state index is 0. The third kappa shape index (κ3) is 7.01. The summed E-state index contributed by atoms with van der Waals surface area (Å²) in [6.45, 7) is 0. The molecule has 47 heavy (non-hydrogen) atoms. The van der Waals surface area contributed by atoms with E-state index in [4.69, 9.17) is 9.97 Å². The number of aromatic nitrogens is 8. The Morgan fingerprint density at radius 1 is 0.277 bits per heavy atom. The molecule has 9 rings (SSSR count). The van der Waals surface area contributed by atoms with Crippen molar-refractivity contribution < 1.29 is 19.8 Å². The van der Waals surface area contributed by atoms with Crippen LogP contribution >= 0.6 is 0 Å². The van der Waals surface area contributed by atoms with Gasteiger partial charge in [0.2, 0.25) is 0 Å². The standard InChI is InChI=1S/C18H10N4.2C10H8N2.Os/c1-2-8-14-13(7-1)21-17-11-5-3-9-19-15(11)16-12(18(17)22-14)6-4-10-20-16;2*1-3-7-11-9(5-1)10-6-2-4-8-12-10;/h1-10H;2*1-8H;/q;;;+2. The first-order valence-electron chi connectivity index (χ1n) is 14.7. The van der Waals surface area contributed by atoms with Crippen LogP contribution in [0.1, 0.15) is 0 Å². The molecule has 0 amide bonds. The minimum Gasteiger partial charge on any atom is -0.255 e. The zero-order valence-corrected chi connectivity index (χ0v) is 27.5. The van der Waals surface area contributed by atoms with E-state index in [0.29, 0.717) is 0 Å². The molecule has 0 spiro atoms. The maximum atomic E-state index is 4.83. The molecule has 0 aliphatic heterocycles. The van der Waals surface area contributed by atoms with E-state index in [1.54, 1.807) is 37.2 Å². The Morgan fingerprint density at radius 3 is 0.915 bits per heavy atom. The summed E-state index contributed by atoms with van der Waals surface area (Å²) in [5, 5.41) is 1.98. The second-order valence-electron chi connectivity index (χ2n) is 10.1. The van der Waals surface area contributed by atoms with E-state index >= 15 is 0 Å². The molecule has 2 aromatic carbocycles. The van der Waals surface area contributed by atoms with Gasteiger partial charge in [0.05, 0.1) is 55.9 Å². The van der Waals surface area contributed by atoms with Gasteiger partial charge in [-0.05, 0) is 84.9 Å². The molecule has 0 unspecified atom stereocenters. The fourth-order valence-corrected chi connectivity index (χ4v) is 5.00. The van der Waals surface area contributed by atoms with Crippen molar-refractivity contribution in [2.75, 3.05) is 0 Å². The van der Waals surface area contributed by atoms with Crippen molar-refractivity contribution in [1.29, 1.82) is 0 Å². The van der Waals surface area contributed by atoms with Crippen molar-refractivity contribution in [3.63, 3.8) is 0 Å². The number of fused-ring (bicyclic) bond motifs is 7. The van der Waals surface area contributed by atoms with Crippen molar-refractivity contribution in [3.8, 4) is 22.8 Å². The molecule has 0 fully saturated rings. The zero-order chi connectivity index (χ0) is 31.0. The van der Waals surface area contributed by atoms with E-state index in [1.807, 2.05) is 121 Å². The number of benzene rings is 2. The summed E-state index contributed by atoms with van der Waals surface area (Å²) in [6.07, 6.45) is 10.6. The Labute approximate surface area is 283 Å². The summed E-state index contributed by atoms with van der Waals surface area (Å²) in [5.41, 5.74) is 8.94. The van der Waals surface area contributed by atoms with Gasteiger partial charge in [-0.1, -0.05) is 36.4 Å². The van der Waals surface area contributed by atoms with Crippen LogP contribution in [0, 0.1) is 0 Å². The zero-order valence-electron chi connectivity index (χ0n) is 24.9. The predicted molar refractivity (Wildman–Crippen MR) is 183 cm³/mol. The third-order valence-corrected chi connectivity index (χ3v) is 7.10. The molecule has 0 saturated carbocycles. The number of pyridine rings is 6. The first kappa shape index (κ1) is 31.1. The molecule has 0 bridgehead atoms. The second-order valence-corrected chi connectivity index (χ2v) is 10.1. The van der Waals surface area contributed by atoms with Gasteiger partial charge in [-0.15, -0.1) is 0 Å². The van der Waals surface area contributed by atoms with Gasteiger partial charge in [0.1, 0.15) is 0 Å². The number of rotatable bonds is 2. The first-order chi connectivity index (χ1) is 22.8. The van der Waals surface area contributed by atoms with Crippen LogP contribution in [0.5, 0.6) is 0 Å². The van der Waals surface area contributed by atoms with Crippen molar-refractivity contribution in [2.24, 2.45) is 0 Å². The van der Waals surface area contributed by atoms with E-state index in [2.05, 4.69) is 29.9 Å². The Bertz CT molecular complexity index is 2120. The van der Waals surface area contributed by atoms with Gasteiger partial charge in [-0.25, -0.2) is 9.97 Å². The Hall–Kier alpha value is -5.90. The normalized spacial score (nSPS) is 10.4. The molecule has 0 aliphatic rings. The SMILES string of the molecule is [Os+2].c1ccc(-c2ccccn2)nc1.c1ccc(-c2ccccn2)nc1.c1ccc2nc3c4cccnc4c4ncccc4c3nc2c1. The quantitative estimate of drug-likeness (QED) is 0.128. The van der Waals surface area contributed by atoms with E-state index in [-0.39, 0.29) is 19.8 Å². The first-order valence-corrected chi connectivity index (χ1v) is 14.7. The van der Waals surface area contributed by atoms with Gasteiger partial charge in [-0.3, -0.25) is 29.9 Å². The molecule has 7 heterocycles. The number of hydrogen-bond donors (Lipinski definition) is 0. The summed E-state index contributed by atoms with van der Waals surface area (Å²) in [7, 11) is 0. The van der Waals surface area contributed by atoms with E-state index in [1.165, 1.54) is 0 Å². The fourth-order valence-electron chi connectivity index (χ4n) is 5.00. The topological polar surface area (TPSA) is 103 Å². The van der Waals surface area contributed by atoms with Crippen molar-refractivity contribution >= 4 is 43.9 Å². The molecule has 9 heteroatoms. The Morgan fingerprint density at radius 2 is 0.596 bits per heavy atom. The molecule has 224 valence electrons. The van der Waals surface area contributed by atoms with Crippen LogP contribution < -0.4 is 0 Å². The van der Waals surface area contributed by atoms with Crippen LogP contribution in [0.15, 0.2) is 159 Å². The summed E-state index contributed by atoms with van der Waals surface area (Å²) >= 11 is 0. The van der Waals surface area contributed by atoms with Gasteiger partial charge in [-0.2, -0.15) is 0 Å². The minimum atomic E-state index is 0. The third-order valence-electron chi connectivity index (χ3n) is 7.10. The van der Waals surface area contributed by atoms with Gasteiger partial charge in [0.25, 0.3) is 0 Å². The summed E-state index contributed by atoms with van der Waals surface area (Å²) < 4.78 is 0. The summed E-state index contributed by atoms with van der Waals surface area (Å²) in [6, 6.07) is 39.0. The monoisotopic (exact) mass is 786 g/mol. The van der Waals surface area contributed by atoms with Crippen LogP contribution in [0.25, 0.3) is 66.6 Å². The molecule has 0 atom stereocenters. The summed E-state index contributed by atoms with van der Waals surface area (Å²) in [5.74, 6) is 0. The van der Waals surface area contributed by atoms with E-state index in [0.717, 1.165) is 66.6 Å². The molecular weight excluding hydrogens is 759 g/mol. The molecule has 7 aromatic heterocycles. The largest absolute Gasteiger partial charge is 2.00 e. The van der Waals surface area contributed by atoms with Crippen molar-refractivity contribution in [1.82, 2.24) is 39.9 Å². The Balaban J connectivity index is 0.000000132. The van der Waals surface area contributed by atoms with E-state index < -0.39 is 0 Å². The van der Waals surface area contributed by atoms with Crippen LogP contribution in [0.2, 0.25) is 0 Å². The van der Waals surface area contributed by atoms with Crippen LogP contribution in [0.3, 0.4) is 0 Å². The molecule has 0 saturated heterocycles. The van der Waals surface area contributed by atoms with Crippen LogP contribution in [-0.2, 0) is 19.8 Å². The molecule has 8 nitrogen and oxygen atoms in total. The molecule has 9 aromatic rings. The molecular formula is C38H26N8Os+2. The second kappa shape index (κ2) is 14.9. The number of hydrogen-bond acceptors (Lipinski definition) is 8. The van der Waals surface area contributed by atoms with Crippen molar-refractivity contribution in [2.45, 2.75) is 0 Å². The molecule has 0 radical (unpaired) electrons. The maximum absolute atomic E-state index is 4.83. The summed E-state index contributed by atoms with van der Waals surface area (Å²) in [4.78, 5) is 35.4. The predicted octanol–water partition coefficient (Wildman–Crippen LogP) is 8.16. The molecule has 0 aliphatic carbocycles. The fraction of sp³-hybridized carbons (Fsp3) is 0. The van der Waals surface area contributed by atoms with Gasteiger partial charge < -0.3 is 0 Å². The average Bonchev–Trinajstić information content (AvgIpc) is 3.16. The van der Waals surface area contributed by atoms with E-state index in [9.17, 15) is 0 Å². The Kier molecular flexibility index (Phi) is 9.87. The maximum Gasteiger partial charge on any atom is 2.00 e. The van der Waals surface area contributed by atoms with Crippen molar-refractivity contribution in [3.05, 3.63) is 159 Å². The van der Waals surface area contributed by atoms with Crippen LogP contribution in [-0.4, -0.2) is 39.9 Å². The smallest absolute Gasteiger partial charge is 0.255 e. The van der Waals surface area contributed by atoms with Gasteiger partial charge >= 0.3 is 19.8 Å². The number of nitrogens with zero attached hydrogens (tertiary/aromatic N) is 8. The van der Waals surface area contributed by atoms with Gasteiger partial charge in [0.15, 0.2) is 0 Å².